The van der Waals surface area contributed by atoms with Gasteiger partial charge in [0.05, 0.1) is 23.4 Å². The van der Waals surface area contributed by atoms with Crippen molar-refractivity contribution in [1.82, 2.24) is 4.98 Å². The Hall–Kier alpha value is -3.53. The first-order chi connectivity index (χ1) is 16.6. The van der Waals surface area contributed by atoms with Crippen LogP contribution >= 0.6 is 11.8 Å². The Labute approximate surface area is 204 Å². The molecule has 1 aliphatic heterocycles. The zero-order chi connectivity index (χ0) is 25.2. The van der Waals surface area contributed by atoms with Gasteiger partial charge < -0.3 is 15.3 Å². The van der Waals surface area contributed by atoms with Crippen molar-refractivity contribution in [3.05, 3.63) is 83.0 Å². The van der Waals surface area contributed by atoms with Gasteiger partial charge in [-0.25, -0.2) is 9.78 Å². The number of amides is 1. The minimum atomic E-state index is -4.42. The van der Waals surface area contributed by atoms with Gasteiger partial charge in [0, 0.05) is 17.6 Å². The summed E-state index contributed by atoms with van der Waals surface area (Å²) in [6.07, 6.45) is -2.78. The minimum absolute atomic E-state index is 0.0193. The topological polar surface area (TPSA) is 82.5 Å². The smallest absolute Gasteiger partial charge is 0.416 e. The molecule has 1 amide bonds. The summed E-state index contributed by atoms with van der Waals surface area (Å²) in [5.41, 5.74) is 1.59. The number of fused-ring (bicyclic) bond motifs is 1. The van der Waals surface area contributed by atoms with Crippen molar-refractivity contribution >= 4 is 35.1 Å². The second-order valence-corrected chi connectivity index (χ2v) is 9.20. The predicted octanol–water partition coefficient (Wildman–Crippen LogP) is 5.65. The molecule has 10 heteroatoms. The fourth-order valence-electron chi connectivity index (χ4n) is 3.76. The van der Waals surface area contributed by atoms with Crippen LogP contribution < -0.4 is 10.2 Å². The van der Waals surface area contributed by atoms with Crippen molar-refractivity contribution in [2.45, 2.75) is 30.5 Å². The number of nitrogens with zero attached hydrogens (tertiary/aromatic N) is 2. The van der Waals surface area contributed by atoms with Gasteiger partial charge in [0.2, 0.25) is 5.91 Å². The maximum absolute atomic E-state index is 12.9. The number of pyridine rings is 1. The first-order valence-electron chi connectivity index (χ1n) is 10.8. The van der Waals surface area contributed by atoms with Crippen LogP contribution in [0.15, 0.2) is 65.7 Å². The number of rotatable bonds is 7. The molecule has 35 heavy (non-hydrogen) atoms. The highest BCUT2D eigenvalue weighted by Crippen LogP contribution is 2.40. The Kier molecular flexibility index (Phi) is 7.02. The maximum Gasteiger partial charge on any atom is 0.416 e. The van der Waals surface area contributed by atoms with Crippen molar-refractivity contribution in [2.24, 2.45) is 0 Å². The maximum atomic E-state index is 12.9. The third-order valence-electron chi connectivity index (χ3n) is 5.73. The van der Waals surface area contributed by atoms with Gasteiger partial charge in [-0.2, -0.15) is 13.2 Å². The van der Waals surface area contributed by atoms with Gasteiger partial charge in [-0.05, 0) is 47.4 Å². The molecular weight excluding hydrogens is 479 g/mol. The quantitative estimate of drug-likeness (QED) is 0.435. The van der Waals surface area contributed by atoms with E-state index in [9.17, 15) is 22.8 Å². The number of carbonyl (C=O) groups excluding carboxylic acids is 1. The molecule has 0 saturated heterocycles. The molecule has 2 aromatic carbocycles. The zero-order valence-corrected chi connectivity index (χ0v) is 19.5. The number of carbonyl (C=O) groups is 2. The summed E-state index contributed by atoms with van der Waals surface area (Å²) in [7, 11) is 0. The summed E-state index contributed by atoms with van der Waals surface area (Å²) in [4.78, 5) is 30.7. The van der Waals surface area contributed by atoms with Crippen LogP contribution in [0.4, 0.5) is 24.7 Å². The Morgan fingerprint density at radius 3 is 2.46 bits per heavy atom. The van der Waals surface area contributed by atoms with E-state index >= 15 is 0 Å². The van der Waals surface area contributed by atoms with Crippen LogP contribution in [0.3, 0.4) is 0 Å². The molecule has 6 nitrogen and oxygen atoms in total. The highest BCUT2D eigenvalue weighted by atomic mass is 32.2. The first kappa shape index (κ1) is 24.6. The van der Waals surface area contributed by atoms with Gasteiger partial charge in [-0.3, -0.25) is 4.79 Å². The molecule has 1 aromatic heterocycles. The van der Waals surface area contributed by atoms with Crippen molar-refractivity contribution in [3.8, 4) is 0 Å². The van der Waals surface area contributed by atoms with Gasteiger partial charge in [-0.1, -0.05) is 31.2 Å². The molecule has 0 aliphatic carbocycles. The van der Waals surface area contributed by atoms with E-state index in [1.54, 1.807) is 35.4 Å². The van der Waals surface area contributed by atoms with Crippen molar-refractivity contribution < 1.29 is 27.9 Å². The Morgan fingerprint density at radius 2 is 1.83 bits per heavy atom. The van der Waals surface area contributed by atoms with E-state index < -0.39 is 17.7 Å². The van der Waals surface area contributed by atoms with Crippen molar-refractivity contribution in [2.75, 3.05) is 22.5 Å². The van der Waals surface area contributed by atoms with Gasteiger partial charge in [-0.15, -0.1) is 11.8 Å². The number of carboxylic acid groups (broad SMARTS) is 1. The number of hydrogen-bond donors (Lipinski definition) is 2. The molecule has 4 rings (SSSR count). The second-order valence-electron chi connectivity index (χ2n) is 8.18. The van der Waals surface area contributed by atoms with Crippen LogP contribution in [0.5, 0.6) is 0 Å². The van der Waals surface area contributed by atoms with Crippen molar-refractivity contribution in [1.29, 1.82) is 0 Å². The Balaban J connectivity index is 1.54. The van der Waals surface area contributed by atoms with Gasteiger partial charge >= 0.3 is 12.1 Å². The molecule has 0 unspecified atom stereocenters. The van der Waals surface area contributed by atoms with Gasteiger partial charge in [0.1, 0.15) is 5.69 Å². The lowest BCUT2D eigenvalue weighted by Gasteiger charge is -2.31. The van der Waals surface area contributed by atoms with Crippen LogP contribution in [0.1, 0.15) is 39.9 Å². The summed E-state index contributed by atoms with van der Waals surface area (Å²) < 4.78 is 38.7. The SMILES string of the molecule is C[C@H](CNc1nccc2c1N(Cc1ccc(C(F)(F)F)cc1)C(=O)CS2)c1ccc(C(=O)O)cc1. The van der Waals surface area contributed by atoms with Crippen LogP contribution in [0, 0.1) is 0 Å². The number of hydrogen-bond acceptors (Lipinski definition) is 5. The molecule has 3 aromatic rings. The monoisotopic (exact) mass is 501 g/mol. The number of halogens is 3. The van der Waals surface area contributed by atoms with E-state index in [4.69, 9.17) is 5.11 Å². The largest absolute Gasteiger partial charge is 0.478 e. The lowest BCUT2D eigenvalue weighted by molar-refractivity contribution is -0.137. The summed E-state index contributed by atoms with van der Waals surface area (Å²) >= 11 is 1.39. The van der Waals surface area contributed by atoms with Gasteiger partial charge in [0.15, 0.2) is 5.82 Å². The standard InChI is InChI=1S/C25H22F3N3O3S/c1-15(17-4-6-18(7-5-17)24(33)34)12-30-23-22-20(10-11-29-23)35-14-21(32)31(22)13-16-2-8-19(9-3-16)25(26,27)28/h2-11,15H,12-14H2,1H3,(H,29,30)(H,33,34)/t15-/m1/s1. The fraction of sp³-hybridized carbons (Fsp3) is 0.240. The molecule has 0 fully saturated rings. The average molecular weight is 502 g/mol. The van der Waals surface area contributed by atoms with Crippen molar-refractivity contribution in [3.63, 3.8) is 0 Å². The van der Waals surface area contributed by atoms with Crippen LogP contribution in [-0.2, 0) is 17.5 Å². The van der Waals surface area contributed by atoms with Crippen LogP contribution in [-0.4, -0.2) is 34.3 Å². The number of carboxylic acids is 1. The Morgan fingerprint density at radius 1 is 1.14 bits per heavy atom. The number of aromatic nitrogens is 1. The normalized spacial score (nSPS) is 14.4. The number of aromatic carboxylic acids is 1. The molecule has 0 saturated carbocycles. The minimum Gasteiger partial charge on any atom is -0.478 e. The molecule has 0 bridgehead atoms. The highest BCUT2D eigenvalue weighted by Gasteiger charge is 2.31. The summed E-state index contributed by atoms with van der Waals surface area (Å²) in [5, 5.41) is 12.4. The Bertz CT molecular complexity index is 1230. The number of nitrogens with one attached hydrogen (secondary N) is 1. The van der Waals surface area contributed by atoms with Crippen LogP contribution in [0.25, 0.3) is 0 Å². The molecular formula is C25H22F3N3O3S. The van der Waals surface area contributed by atoms with E-state index in [1.165, 1.54) is 23.9 Å². The van der Waals surface area contributed by atoms with E-state index in [2.05, 4.69) is 10.3 Å². The molecule has 1 atom stereocenters. The number of anilines is 2. The first-order valence-corrected chi connectivity index (χ1v) is 11.8. The van der Waals surface area contributed by atoms with E-state index in [1.807, 2.05) is 13.0 Å². The highest BCUT2D eigenvalue weighted by molar-refractivity contribution is 8.00. The van der Waals surface area contributed by atoms with E-state index in [0.29, 0.717) is 23.6 Å². The molecule has 1 aliphatic rings. The number of benzene rings is 2. The average Bonchev–Trinajstić information content (AvgIpc) is 2.84. The second kappa shape index (κ2) is 9.99. The third kappa shape index (κ3) is 5.59. The molecule has 0 spiro atoms. The predicted molar refractivity (Wildman–Crippen MR) is 128 cm³/mol. The zero-order valence-electron chi connectivity index (χ0n) is 18.7. The lowest BCUT2D eigenvalue weighted by atomic mass is 10.00. The van der Waals surface area contributed by atoms with Gasteiger partial charge in [0.25, 0.3) is 0 Å². The third-order valence-corrected chi connectivity index (χ3v) is 6.77. The lowest BCUT2D eigenvalue weighted by Crippen LogP contribution is -2.35. The summed E-state index contributed by atoms with van der Waals surface area (Å²) in [5.74, 6) is -0.396. The fourth-order valence-corrected chi connectivity index (χ4v) is 4.69. The van der Waals surface area contributed by atoms with E-state index in [-0.39, 0.29) is 29.7 Å². The molecule has 0 radical (unpaired) electrons. The summed E-state index contributed by atoms with van der Waals surface area (Å²) in [6.45, 7) is 2.58. The number of alkyl halides is 3. The van der Waals surface area contributed by atoms with E-state index in [0.717, 1.165) is 22.6 Å². The molecule has 182 valence electrons. The summed E-state index contributed by atoms with van der Waals surface area (Å²) in [6, 6.07) is 13.2. The molecule has 2 N–H and O–H groups in total. The van der Waals surface area contributed by atoms with Crippen LogP contribution in [0.2, 0.25) is 0 Å². The molecule has 2 heterocycles. The number of thioether (sulfide) groups is 1.